The zero-order chi connectivity index (χ0) is 12.8. The van der Waals surface area contributed by atoms with Crippen molar-refractivity contribution in [1.29, 1.82) is 0 Å². The first kappa shape index (κ1) is 13.4. The van der Waals surface area contributed by atoms with Crippen molar-refractivity contribution in [3.63, 3.8) is 0 Å². The summed E-state index contributed by atoms with van der Waals surface area (Å²) < 4.78 is 0. The molecule has 0 bridgehead atoms. The fraction of sp³-hybridized carbons (Fsp3) is 0.462. The van der Waals surface area contributed by atoms with Gasteiger partial charge >= 0.3 is 0 Å². The lowest BCUT2D eigenvalue weighted by Gasteiger charge is -2.13. The maximum Gasteiger partial charge on any atom is 0.143 e. The molecular formula is C13H21N3O. The highest BCUT2D eigenvalue weighted by atomic mass is 16.4. The third-order valence-corrected chi connectivity index (χ3v) is 2.96. The smallest absolute Gasteiger partial charge is 0.143 e. The molecule has 1 aromatic carbocycles. The predicted octanol–water partition coefficient (Wildman–Crippen LogP) is 2.35. The van der Waals surface area contributed by atoms with Gasteiger partial charge in [-0.25, -0.2) is 0 Å². The normalized spacial score (nSPS) is 13.5. The number of benzene rings is 1. The lowest BCUT2D eigenvalue weighted by Crippen LogP contribution is -2.27. The van der Waals surface area contributed by atoms with E-state index in [1.807, 2.05) is 13.0 Å². The van der Waals surface area contributed by atoms with Crippen LogP contribution >= 0.6 is 0 Å². The summed E-state index contributed by atoms with van der Waals surface area (Å²) in [6.45, 7) is 6.83. The van der Waals surface area contributed by atoms with Crippen molar-refractivity contribution in [1.82, 2.24) is 0 Å². The van der Waals surface area contributed by atoms with Crippen LogP contribution in [-0.4, -0.2) is 17.6 Å². The molecule has 0 aromatic heterocycles. The molecule has 94 valence electrons. The lowest BCUT2D eigenvalue weighted by atomic mass is 10.1. The van der Waals surface area contributed by atoms with Gasteiger partial charge in [-0.3, -0.25) is 0 Å². The topological polar surface area (TPSA) is 70.6 Å². The number of amidine groups is 1. The summed E-state index contributed by atoms with van der Waals surface area (Å²) in [6.07, 6.45) is 1.02. The van der Waals surface area contributed by atoms with Gasteiger partial charge in [0, 0.05) is 18.2 Å². The van der Waals surface area contributed by atoms with Gasteiger partial charge in [-0.05, 0) is 36.6 Å². The Balaban J connectivity index is 2.64. The molecular weight excluding hydrogens is 214 g/mol. The third kappa shape index (κ3) is 3.66. The van der Waals surface area contributed by atoms with E-state index in [1.165, 1.54) is 11.1 Å². The Morgan fingerprint density at radius 2 is 2.24 bits per heavy atom. The molecule has 0 saturated carbocycles. The van der Waals surface area contributed by atoms with Crippen molar-refractivity contribution in [2.24, 2.45) is 16.8 Å². The van der Waals surface area contributed by atoms with Gasteiger partial charge in [0.05, 0.1) is 0 Å². The molecule has 1 rings (SSSR count). The van der Waals surface area contributed by atoms with Gasteiger partial charge in [0.25, 0.3) is 0 Å². The van der Waals surface area contributed by atoms with E-state index in [2.05, 4.69) is 36.5 Å². The fourth-order valence-corrected chi connectivity index (χ4v) is 1.64. The summed E-state index contributed by atoms with van der Waals surface area (Å²) in [4.78, 5) is 0. The van der Waals surface area contributed by atoms with Crippen LogP contribution in [0.2, 0.25) is 0 Å². The second-order valence-electron chi connectivity index (χ2n) is 4.30. The first-order chi connectivity index (χ1) is 8.08. The Morgan fingerprint density at radius 1 is 1.53 bits per heavy atom. The lowest BCUT2D eigenvalue weighted by molar-refractivity contribution is 0.315. The average Bonchev–Trinajstić information content (AvgIpc) is 2.36. The molecule has 0 aliphatic heterocycles. The number of hydrogen-bond donors (Lipinski definition) is 3. The molecule has 0 aliphatic rings. The summed E-state index contributed by atoms with van der Waals surface area (Å²) in [6, 6.07) is 6.30. The third-order valence-electron chi connectivity index (χ3n) is 2.96. The zero-order valence-electron chi connectivity index (χ0n) is 10.7. The van der Waals surface area contributed by atoms with Crippen LogP contribution < -0.4 is 11.1 Å². The molecule has 1 atom stereocenters. The molecule has 4 nitrogen and oxygen atoms in total. The average molecular weight is 235 g/mol. The van der Waals surface area contributed by atoms with Gasteiger partial charge in [0.1, 0.15) is 5.84 Å². The van der Waals surface area contributed by atoms with Crippen LogP contribution in [0, 0.1) is 12.8 Å². The molecule has 1 aromatic rings. The fourth-order valence-electron chi connectivity index (χ4n) is 1.64. The van der Waals surface area contributed by atoms with E-state index >= 15 is 0 Å². The van der Waals surface area contributed by atoms with Crippen molar-refractivity contribution in [3.05, 3.63) is 29.3 Å². The maximum absolute atomic E-state index is 8.56. The molecule has 0 heterocycles. The number of anilines is 1. The van der Waals surface area contributed by atoms with E-state index in [1.54, 1.807) is 0 Å². The number of nitrogens with two attached hydrogens (primary N) is 1. The molecule has 0 fully saturated rings. The summed E-state index contributed by atoms with van der Waals surface area (Å²) in [5.74, 6) is 0.256. The first-order valence-electron chi connectivity index (χ1n) is 5.89. The van der Waals surface area contributed by atoms with Crippen molar-refractivity contribution < 1.29 is 5.21 Å². The minimum Gasteiger partial charge on any atom is -0.409 e. The molecule has 0 spiro atoms. The molecule has 4 N–H and O–H groups in total. The molecule has 0 saturated heterocycles. The number of nitrogens with one attached hydrogen (secondary N) is 1. The van der Waals surface area contributed by atoms with Crippen LogP contribution in [0.1, 0.15) is 25.0 Å². The highest BCUT2D eigenvalue weighted by molar-refractivity contribution is 5.82. The van der Waals surface area contributed by atoms with Gasteiger partial charge in [-0.2, -0.15) is 0 Å². The van der Waals surface area contributed by atoms with Crippen LogP contribution in [-0.2, 0) is 6.42 Å². The van der Waals surface area contributed by atoms with Crippen LogP contribution in [0.4, 0.5) is 5.69 Å². The van der Waals surface area contributed by atoms with E-state index in [9.17, 15) is 0 Å². The summed E-state index contributed by atoms with van der Waals surface area (Å²) in [5.41, 5.74) is 9.24. The Kier molecular flexibility index (Phi) is 4.82. The first-order valence-corrected chi connectivity index (χ1v) is 5.89. The van der Waals surface area contributed by atoms with E-state index in [0.717, 1.165) is 12.1 Å². The molecule has 0 radical (unpaired) electrons. The minimum atomic E-state index is 0.00591. The number of aryl methyl sites for hydroxylation is 2. The Bertz CT molecular complexity index is 402. The number of hydrogen-bond acceptors (Lipinski definition) is 3. The van der Waals surface area contributed by atoms with Crippen LogP contribution in [0.3, 0.4) is 0 Å². The predicted molar refractivity (Wildman–Crippen MR) is 71.6 cm³/mol. The molecule has 4 heteroatoms. The maximum atomic E-state index is 8.56. The van der Waals surface area contributed by atoms with E-state index in [-0.39, 0.29) is 11.8 Å². The van der Waals surface area contributed by atoms with Crippen LogP contribution in [0.15, 0.2) is 23.4 Å². The number of nitrogens with zero attached hydrogens (tertiary/aromatic N) is 1. The van der Waals surface area contributed by atoms with E-state index < -0.39 is 0 Å². The van der Waals surface area contributed by atoms with Crippen molar-refractivity contribution >= 4 is 11.5 Å². The monoisotopic (exact) mass is 235 g/mol. The van der Waals surface area contributed by atoms with Crippen LogP contribution in [0.5, 0.6) is 0 Å². The zero-order valence-corrected chi connectivity index (χ0v) is 10.7. The summed E-state index contributed by atoms with van der Waals surface area (Å²) >= 11 is 0. The summed E-state index contributed by atoms with van der Waals surface area (Å²) in [5, 5.41) is 14.8. The Morgan fingerprint density at radius 3 is 2.82 bits per heavy atom. The highest BCUT2D eigenvalue weighted by Crippen LogP contribution is 2.16. The van der Waals surface area contributed by atoms with Gasteiger partial charge in [0.15, 0.2) is 0 Å². The van der Waals surface area contributed by atoms with Crippen molar-refractivity contribution in [2.75, 3.05) is 11.9 Å². The largest absolute Gasteiger partial charge is 0.409 e. The molecule has 0 aliphatic carbocycles. The van der Waals surface area contributed by atoms with Gasteiger partial charge in [0.2, 0.25) is 0 Å². The van der Waals surface area contributed by atoms with Crippen molar-refractivity contribution in [3.8, 4) is 0 Å². The van der Waals surface area contributed by atoms with Crippen LogP contribution in [0.25, 0.3) is 0 Å². The second kappa shape index (κ2) is 6.13. The quantitative estimate of drug-likeness (QED) is 0.317. The highest BCUT2D eigenvalue weighted by Gasteiger charge is 2.07. The Hall–Kier alpha value is -1.71. The van der Waals surface area contributed by atoms with Gasteiger partial charge in [-0.15, -0.1) is 0 Å². The van der Waals surface area contributed by atoms with Crippen molar-refractivity contribution in [2.45, 2.75) is 27.2 Å². The standard InChI is InChI=1S/C13H21N3O/c1-4-11-7-12(6-5-9(11)2)15-8-10(3)13(14)16-17/h5-7,10,15,17H,4,8H2,1-3H3,(H2,14,16). The van der Waals surface area contributed by atoms with E-state index in [0.29, 0.717) is 6.54 Å². The number of rotatable bonds is 5. The van der Waals surface area contributed by atoms with Gasteiger partial charge < -0.3 is 16.3 Å². The number of oxime groups is 1. The van der Waals surface area contributed by atoms with E-state index in [4.69, 9.17) is 10.9 Å². The second-order valence-corrected chi connectivity index (χ2v) is 4.30. The molecule has 17 heavy (non-hydrogen) atoms. The SMILES string of the molecule is CCc1cc(NCC(C)/C(N)=N/O)ccc1C. The molecule has 1 unspecified atom stereocenters. The minimum absolute atomic E-state index is 0.00591. The van der Waals surface area contributed by atoms with Gasteiger partial charge in [-0.1, -0.05) is 25.1 Å². The molecule has 0 amide bonds. The summed E-state index contributed by atoms with van der Waals surface area (Å²) in [7, 11) is 0. The Labute approximate surface area is 103 Å².